The van der Waals surface area contributed by atoms with Crippen LogP contribution in [-0.2, 0) is 25.7 Å². The Bertz CT molecular complexity index is 1360. The molecule has 1 fully saturated rings. The number of amides is 2. The fourth-order valence-electron chi connectivity index (χ4n) is 3.99. The predicted octanol–water partition coefficient (Wildman–Crippen LogP) is 3.49. The number of carbonyl (C=O) groups is 4. The van der Waals surface area contributed by atoms with Crippen LogP contribution in [0.2, 0.25) is 0 Å². The quantitative estimate of drug-likeness (QED) is 0.224. The van der Waals surface area contributed by atoms with Crippen molar-refractivity contribution < 1.29 is 55.7 Å². The molecule has 4 rings (SSSR count). The lowest BCUT2D eigenvalue weighted by atomic mass is 9.86. The van der Waals surface area contributed by atoms with E-state index in [1.54, 1.807) is 19.3 Å². The van der Waals surface area contributed by atoms with Crippen molar-refractivity contribution in [2.24, 2.45) is 0 Å². The lowest BCUT2D eigenvalue weighted by molar-refractivity contribution is -0.193. The van der Waals surface area contributed by atoms with Gasteiger partial charge in [-0.05, 0) is 49.9 Å². The zero-order valence-corrected chi connectivity index (χ0v) is 23.0. The van der Waals surface area contributed by atoms with Gasteiger partial charge in [0.1, 0.15) is 6.04 Å². The number of pyridine rings is 1. The molecule has 2 aromatic heterocycles. The molecular weight excluding hydrogens is 604 g/mol. The number of piperidine rings is 1. The number of rotatable bonds is 6. The minimum atomic E-state index is -5.08. The number of carboxylic acid groups (broad SMARTS) is 2. The average Bonchev–Trinajstić information content (AvgIpc) is 3.39. The van der Waals surface area contributed by atoms with E-state index < -0.39 is 30.3 Å². The largest absolute Gasteiger partial charge is 0.490 e. The average molecular weight is 634 g/mol. The highest BCUT2D eigenvalue weighted by molar-refractivity contribution is 5.89. The number of carbonyl (C=O) groups excluding carboxylic acids is 2. The molecule has 0 spiro atoms. The fourth-order valence-corrected chi connectivity index (χ4v) is 3.99. The molecule has 0 saturated carbocycles. The van der Waals surface area contributed by atoms with Crippen molar-refractivity contribution in [3.8, 4) is 0 Å². The van der Waals surface area contributed by atoms with Gasteiger partial charge in [-0.1, -0.05) is 30.3 Å². The molecule has 240 valence electrons. The van der Waals surface area contributed by atoms with Crippen LogP contribution in [-0.4, -0.2) is 74.9 Å². The van der Waals surface area contributed by atoms with E-state index in [4.69, 9.17) is 19.8 Å². The van der Waals surface area contributed by atoms with Crippen LogP contribution in [0.1, 0.15) is 36.9 Å². The number of aromatic amines is 1. The Morgan fingerprint density at radius 3 is 2.14 bits per heavy atom. The van der Waals surface area contributed by atoms with Gasteiger partial charge in [-0.2, -0.15) is 26.3 Å². The van der Waals surface area contributed by atoms with Crippen LogP contribution in [0.25, 0.3) is 10.9 Å². The molecule has 3 heterocycles. The Labute approximate surface area is 246 Å². The van der Waals surface area contributed by atoms with Gasteiger partial charge in [0.05, 0.1) is 12.6 Å². The molecule has 1 aromatic carbocycles. The number of hydrogen-bond donors (Lipinski definition) is 6. The molecule has 1 aliphatic heterocycles. The molecule has 2 amide bonds. The topological polar surface area (TPSA) is 174 Å². The minimum absolute atomic E-state index is 0.130. The third-order valence-corrected chi connectivity index (χ3v) is 6.16. The number of fused-ring (bicyclic) bond motifs is 1. The van der Waals surface area contributed by atoms with Crippen molar-refractivity contribution in [1.29, 1.82) is 0 Å². The van der Waals surface area contributed by atoms with Gasteiger partial charge in [-0.3, -0.25) is 14.6 Å². The molecule has 0 radical (unpaired) electrons. The number of carboxylic acids is 2. The van der Waals surface area contributed by atoms with Crippen LogP contribution in [0, 0.1) is 0 Å². The van der Waals surface area contributed by atoms with Crippen molar-refractivity contribution in [2.45, 2.75) is 56.7 Å². The van der Waals surface area contributed by atoms with Gasteiger partial charge in [0.25, 0.3) is 0 Å². The SMILES string of the molecule is C[C@H](NC(=O)[C@H]1C[C@@H](c2ccccc2)CCN1)C(=O)NCc1cc2cnccc2[nH]1.O=C(O)C(F)(F)F.O=C(O)C(F)(F)F. The van der Waals surface area contributed by atoms with E-state index in [1.807, 2.05) is 30.3 Å². The lowest BCUT2D eigenvalue weighted by Crippen LogP contribution is -2.53. The monoisotopic (exact) mass is 633 g/mol. The highest BCUT2D eigenvalue weighted by Crippen LogP contribution is 2.27. The van der Waals surface area contributed by atoms with E-state index >= 15 is 0 Å². The van der Waals surface area contributed by atoms with Gasteiger partial charge < -0.3 is 31.1 Å². The number of nitrogens with zero attached hydrogens (tertiary/aromatic N) is 1. The maximum atomic E-state index is 12.7. The van der Waals surface area contributed by atoms with Gasteiger partial charge in [0.15, 0.2) is 0 Å². The van der Waals surface area contributed by atoms with Crippen molar-refractivity contribution in [3.63, 3.8) is 0 Å². The van der Waals surface area contributed by atoms with Gasteiger partial charge in [-0.15, -0.1) is 0 Å². The van der Waals surface area contributed by atoms with Crippen molar-refractivity contribution in [1.82, 2.24) is 25.9 Å². The number of halogens is 6. The summed E-state index contributed by atoms with van der Waals surface area (Å²) in [5.74, 6) is -5.51. The summed E-state index contributed by atoms with van der Waals surface area (Å²) in [5, 5.41) is 24.3. The molecule has 0 unspecified atom stereocenters. The molecule has 1 aliphatic rings. The standard InChI is InChI=1S/C23H27N5O2.2C2HF3O2/c1-15(22(29)26-14-19-11-18-13-24-9-8-20(18)28-19)27-23(30)21-12-17(7-10-25-21)16-5-3-2-4-6-16;2*3-2(4,5)1(6)7/h2-6,8-9,11,13,15,17,21,25,28H,7,10,12,14H2,1H3,(H,26,29)(H,27,30);2*(H,6,7)/t15-,17-,21+;;/m0../s1. The second kappa shape index (κ2) is 15.7. The zero-order valence-electron chi connectivity index (χ0n) is 23.0. The molecular formula is C27H29F6N5O6. The molecule has 17 heteroatoms. The van der Waals surface area contributed by atoms with Crippen molar-refractivity contribution in [3.05, 3.63) is 66.1 Å². The van der Waals surface area contributed by atoms with Crippen molar-refractivity contribution in [2.75, 3.05) is 6.54 Å². The van der Waals surface area contributed by atoms with Gasteiger partial charge in [-0.25, -0.2) is 9.59 Å². The highest BCUT2D eigenvalue weighted by atomic mass is 19.4. The summed E-state index contributed by atoms with van der Waals surface area (Å²) < 4.78 is 63.5. The van der Waals surface area contributed by atoms with Crippen LogP contribution in [0.15, 0.2) is 54.9 Å². The number of hydrogen-bond acceptors (Lipinski definition) is 6. The highest BCUT2D eigenvalue weighted by Gasteiger charge is 2.39. The summed E-state index contributed by atoms with van der Waals surface area (Å²) in [5.41, 5.74) is 3.13. The van der Waals surface area contributed by atoms with E-state index in [1.165, 1.54) is 5.56 Å². The first-order chi connectivity index (χ1) is 20.5. The minimum Gasteiger partial charge on any atom is -0.475 e. The summed E-state index contributed by atoms with van der Waals surface area (Å²) >= 11 is 0. The second-order valence-corrected chi connectivity index (χ2v) is 9.45. The Kier molecular flexibility index (Phi) is 12.7. The summed E-state index contributed by atoms with van der Waals surface area (Å²) in [7, 11) is 0. The first kappa shape index (κ1) is 35.5. The van der Waals surface area contributed by atoms with Gasteiger partial charge in [0, 0.05) is 29.0 Å². The number of aromatic nitrogens is 2. The molecule has 11 nitrogen and oxygen atoms in total. The van der Waals surface area contributed by atoms with E-state index in [0.29, 0.717) is 12.5 Å². The molecule has 1 saturated heterocycles. The van der Waals surface area contributed by atoms with Crippen LogP contribution >= 0.6 is 0 Å². The summed E-state index contributed by atoms with van der Waals surface area (Å²) in [4.78, 5) is 50.3. The molecule has 3 atom stereocenters. The van der Waals surface area contributed by atoms with Gasteiger partial charge >= 0.3 is 24.3 Å². The summed E-state index contributed by atoms with van der Waals surface area (Å²) in [6, 6.07) is 13.2. The van der Waals surface area contributed by atoms with Crippen LogP contribution in [0.5, 0.6) is 0 Å². The smallest absolute Gasteiger partial charge is 0.475 e. The molecule has 0 bridgehead atoms. The van der Waals surface area contributed by atoms with E-state index in [-0.39, 0.29) is 17.9 Å². The maximum absolute atomic E-state index is 12.7. The lowest BCUT2D eigenvalue weighted by Gasteiger charge is -2.30. The van der Waals surface area contributed by atoms with E-state index in [0.717, 1.165) is 36.0 Å². The first-order valence-electron chi connectivity index (χ1n) is 12.9. The Morgan fingerprint density at radius 1 is 1.00 bits per heavy atom. The second-order valence-electron chi connectivity index (χ2n) is 9.45. The number of nitrogens with one attached hydrogen (secondary N) is 4. The number of benzene rings is 1. The Balaban J connectivity index is 0.000000402. The number of H-pyrrole nitrogens is 1. The molecule has 0 aliphatic carbocycles. The number of aliphatic carboxylic acids is 2. The maximum Gasteiger partial charge on any atom is 0.490 e. The fraction of sp³-hybridized carbons (Fsp3) is 0.370. The zero-order chi connectivity index (χ0) is 33.1. The molecule has 44 heavy (non-hydrogen) atoms. The Hall–Kier alpha value is -4.67. The van der Waals surface area contributed by atoms with Crippen LogP contribution in [0.4, 0.5) is 26.3 Å². The first-order valence-corrected chi connectivity index (χ1v) is 12.9. The van der Waals surface area contributed by atoms with E-state index in [9.17, 15) is 35.9 Å². The van der Waals surface area contributed by atoms with E-state index in [2.05, 4.69) is 38.1 Å². The third kappa shape index (κ3) is 11.5. The van der Waals surface area contributed by atoms with Crippen LogP contribution < -0.4 is 16.0 Å². The summed E-state index contributed by atoms with van der Waals surface area (Å²) in [6.45, 7) is 2.86. The van der Waals surface area contributed by atoms with Crippen LogP contribution in [0.3, 0.4) is 0 Å². The summed E-state index contributed by atoms with van der Waals surface area (Å²) in [6.07, 6.45) is -4.93. The third-order valence-electron chi connectivity index (χ3n) is 6.16. The Morgan fingerprint density at radius 2 is 1.59 bits per heavy atom. The molecule has 6 N–H and O–H groups in total. The number of alkyl halides is 6. The van der Waals surface area contributed by atoms with Gasteiger partial charge in [0.2, 0.25) is 11.8 Å². The predicted molar refractivity (Wildman–Crippen MR) is 143 cm³/mol. The van der Waals surface area contributed by atoms with Crippen molar-refractivity contribution >= 4 is 34.7 Å². The normalized spacial score (nSPS) is 17.2. The molecule has 3 aromatic rings.